The average Bonchev–Trinajstić information content (AvgIpc) is 2.24. The van der Waals surface area contributed by atoms with Crippen LogP contribution in [0.25, 0.3) is 0 Å². The summed E-state index contributed by atoms with van der Waals surface area (Å²) in [5, 5.41) is 11.3. The van der Waals surface area contributed by atoms with Crippen LogP contribution in [0.15, 0.2) is 0 Å². The third-order valence-corrected chi connectivity index (χ3v) is 2.19. The molecule has 0 radical (unpaired) electrons. The second-order valence-electron chi connectivity index (χ2n) is 4.21. The quantitative estimate of drug-likeness (QED) is 0.685. The fraction of sp³-hybridized carbons (Fsp3) is 0.727. The average molecular weight is 261 g/mol. The summed E-state index contributed by atoms with van der Waals surface area (Å²) >= 11 is 0. The summed E-state index contributed by atoms with van der Waals surface area (Å²) < 4.78 is 8.98. The van der Waals surface area contributed by atoms with Gasteiger partial charge in [-0.25, -0.2) is 9.59 Å². The van der Waals surface area contributed by atoms with Crippen LogP contribution in [0.5, 0.6) is 0 Å². The van der Waals surface area contributed by atoms with Crippen LogP contribution in [0.3, 0.4) is 0 Å². The number of methoxy groups -OCH3 is 1. The molecule has 2 unspecified atom stereocenters. The Kier molecular flexibility index (Phi) is 6.77. The number of hydrogen-bond donors (Lipinski definition) is 2. The van der Waals surface area contributed by atoms with Crippen LogP contribution in [0, 0.1) is 5.92 Å². The molecular weight excluding hydrogens is 242 g/mol. The van der Waals surface area contributed by atoms with Crippen molar-refractivity contribution in [3.63, 3.8) is 0 Å². The molecular formula is C11H19NO6. The van der Waals surface area contributed by atoms with E-state index in [4.69, 9.17) is 9.84 Å². The van der Waals surface area contributed by atoms with Gasteiger partial charge in [-0.1, -0.05) is 13.8 Å². The lowest BCUT2D eigenvalue weighted by molar-refractivity contribution is -0.143. The zero-order valence-electron chi connectivity index (χ0n) is 10.9. The van der Waals surface area contributed by atoms with Crippen molar-refractivity contribution >= 4 is 18.0 Å². The van der Waals surface area contributed by atoms with E-state index in [1.165, 1.54) is 6.92 Å². The van der Waals surface area contributed by atoms with Gasteiger partial charge < -0.3 is 19.9 Å². The highest BCUT2D eigenvalue weighted by atomic mass is 16.7. The lowest BCUT2D eigenvalue weighted by atomic mass is 10.0. The number of aliphatic carboxylic acids is 1. The van der Waals surface area contributed by atoms with E-state index in [1.54, 1.807) is 13.8 Å². The summed E-state index contributed by atoms with van der Waals surface area (Å²) in [7, 11) is 1.16. The van der Waals surface area contributed by atoms with E-state index in [1.807, 2.05) is 0 Å². The summed E-state index contributed by atoms with van der Waals surface area (Å²) in [6.45, 7) is 4.89. The zero-order chi connectivity index (χ0) is 14.3. The Morgan fingerprint density at radius 3 is 2.17 bits per heavy atom. The molecule has 0 bridgehead atoms. The minimum atomic E-state index is -1.10. The highest BCUT2D eigenvalue weighted by Crippen LogP contribution is 2.04. The Hall–Kier alpha value is -1.79. The molecule has 0 aliphatic heterocycles. The minimum absolute atomic E-state index is 0.119. The first-order valence-corrected chi connectivity index (χ1v) is 5.54. The first kappa shape index (κ1) is 16.2. The van der Waals surface area contributed by atoms with Crippen molar-refractivity contribution in [1.82, 2.24) is 5.32 Å². The second-order valence-corrected chi connectivity index (χ2v) is 4.21. The van der Waals surface area contributed by atoms with Gasteiger partial charge in [0, 0.05) is 0 Å². The number of amides is 1. The largest absolute Gasteiger partial charge is 0.508 e. The number of hydrogen-bond acceptors (Lipinski definition) is 5. The van der Waals surface area contributed by atoms with Crippen LogP contribution in [-0.4, -0.2) is 42.4 Å². The molecule has 0 aromatic carbocycles. The number of carbonyl (C=O) groups excluding carboxylic acids is 2. The minimum Gasteiger partial charge on any atom is -0.480 e. The van der Waals surface area contributed by atoms with E-state index in [-0.39, 0.29) is 12.3 Å². The molecule has 0 spiro atoms. The van der Waals surface area contributed by atoms with Crippen LogP contribution in [0.1, 0.15) is 27.2 Å². The second kappa shape index (κ2) is 7.52. The molecule has 0 aliphatic carbocycles. The molecule has 7 heteroatoms. The van der Waals surface area contributed by atoms with Crippen LogP contribution < -0.4 is 5.32 Å². The summed E-state index contributed by atoms with van der Waals surface area (Å²) in [5.74, 6) is -1.82. The molecule has 7 nitrogen and oxygen atoms in total. The van der Waals surface area contributed by atoms with E-state index in [9.17, 15) is 14.4 Å². The van der Waals surface area contributed by atoms with Crippen LogP contribution >= 0.6 is 0 Å². The molecule has 0 aliphatic rings. The lowest BCUT2D eigenvalue weighted by Gasteiger charge is -2.19. The molecule has 2 N–H and O–H groups in total. The fourth-order valence-corrected chi connectivity index (χ4v) is 1.26. The fourth-order valence-electron chi connectivity index (χ4n) is 1.26. The maximum absolute atomic E-state index is 11.5. The molecule has 104 valence electrons. The first-order chi connectivity index (χ1) is 8.27. The normalized spacial score (nSPS) is 13.6. The van der Waals surface area contributed by atoms with Crippen molar-refractivity contribution in [1.29, 1.82) is 0 Å². The molecule has 2 atom stereocenters. The molecule has 0 rings (SSSR count). The SMILES string of the molecule is COC(=O)OC(C)CC(=O)NC(C(=O)O)C(C)C. The van der Waals surface area contributed by atoms with Crippen molar-refractivity contribution in [2.75, 3.05) is 7.11 Å². The van der Waals surface area contributed by atoms with Gasteiger partial charge in [-0.05, 0) is 12.8 Å². The van der Waals surface area contributed by atoms with Gasteiger partial charge in [0.05, 0.1) is 13.5 Å². The number of carboxylic acids is 1. The van der Waals surface area contributed by atoms with Crippen molar-refractivity contribution in [2.24, 2.45) is 5.92 Å². The Morgan fingerprint density at radius 2 is 1.78 bits per heavy atom. The van der Waals surface area contributed by atoms with Gasteiger partial charge in [-0.15, -0.1) is 0 Å². The van der Waals surface area contributed by atoms with Crippen molar-refractivity contribution in [2.45, 2.75) is 39.3 Å². The van der Waals surface area contributed by atoms with Crippen LogP contribution in [0.4, 0.5) is 4.79 Å². The lowest BCUT2D eigenvalue weighted by Crippen LogP contribution is -2.45. The predicted octanol–water partition coefficient (Wildman–Crippen LogP) is 0.773. The summed E-state index contributed by atoms with van der Waals surface area (Å²) in [6, 6.07) is -0.956. The summed E-state index contributed by atoms with van der Waals surface area (Å²) in [4.78, 5) is 33.2. The Bertz CT molecular complexity index is 315. The molecule has 0 aromatic rings. The predicted molar refractivity (Wildman–Crippen MR) is 62.0 cm³/mol. The molecule has 0 aromatic heterocycles. The third-order valence-electron chi connectivity index (χ3n) is 2.19. The molecule has 0 fully saturated rings. The van der Waals surface area contributed by atoms with E-state index < -0.39 is 30.2 Å². The van der Waals surface area contributed by atoms with Crippen molar-refractivity contribution in [3.05, 3.63) is 0 Å². The van der Waals surface area contributed by atoms with Gasteiger partial charge in [-0.3, -0.25) is 4.79 Å². The van der Waals surface area contributed by atoms with Crippen molar-refractivity contribution < 1.29 is 29.0 Å². The smallest absolute Gasteiger partial charge is 0.480 e. The van der Waals surface area contributed by atoms with Gasteiger partial charge >= 0.3 is 12.1 Å². The third kappa shape index (κ3) is 6.07. The van der Waals surface area contributed by atoms with Gasteiger partial charge in [0.2, 0.25) is 5.91 Å². The van der Waals surface area contributed by atoms with Gasteiger partial charge in [-0.2, -0.15) is 0 Å². The Labute approximate surface area is 105 Å². The Balaban J connectivity index is 4.24. The number of ether oxygens (including phenoxy) is 2. The van der Waals surface area contributed by atoms with Gasteiger partial charge in [0.1, 0.15) is 12.1 Å². The monoisotopic (exact) mass is 261 g/mol. The van der Waals surface area contributed by atoms with Crippen molar-refractivity contribution in [3.8, 4) is 0 Å². The molecule has 0 heterocycles. The van der Waals surface area contributed by atoms with Gasteiger partial charge in [0.25, 0.3) is 0 Å². The van der Waals surface area contributed by atoms with Crippen LogP contribution in [0.2, 0.25) is 0 Å². The number of nitrogens with one attached hydrogen (secondary N) is 1. The molecule has 0 saturated heterocycles. The van der Waals surface area contributed by atoms with Crippen LogP contribution in [-0.2, 0) is 19.1 Å². The highest BCUT2D eigenvalue weighted by Gasteiger charge is 2.24. The summed E-state index contributed by atoms with van der Waals surface area (Å²) in [5.41, 5.74) is 0. The van der Waals surface area contributed by atoms with E-state index in [0.717, 1.165) is 7.11 Å². The summed E-state index contributed by atoms with van der Waals surface area (Å²) in [6.07, 6.45) is -1.68. The maximum Gasteiger partial charge on any atom is 0.508 e. The highest BCUT2D eigenvalue weighted by molar-refractivity contribution is 5.84. The number of carboxylic acid groups (broad SMARTS) is 1. The maximum atomic E-state index is 11.5. The van der Waals surface area contributed by atoms with E-state index in [2.05, 4.69) is 10.1 Å². The number of rotatable bonds is 6. The topological polar surface area (TPSA) is 102 Å². The molecule has 18 heavy (non-hydrogen) atoms. The zero-order valence-corrected chi connectivity index (χ0v) is 10.9. The van der Waals surface area contributed by atoms with E-state index >= 15 is 0 Å². The standard InChI is InChI=1S/C11H19NO6/c1-6(2)9(10(14)15)12-8(13)5-7(3)18-11(16)17-4/h6-7,9H,5H2,1-4H3,(H,12,13)(H,14,15). The Morgan fingerprint density at radius 1 is 1.22 bits per heavy atom. The molecule has 1 amide bonds. The first-order valence-electron chi connectivity index (χ1n) is 5.54. The van der Waals surface area contributed by atoms with Gasteiger partial charge in [0.15, 0.2) is 0 Å². The number of carbonyl (C=O) groups is 3. The molecule has 0 saturated carbocycles. The van der Waals surface area contributed by atoms with E-state index in [0.29, 0.717) is 0 Å².